The number of carbonyl (C=O) groups is 1. The molecule has 0 bridgehead atoms. The second-order valence-corrected chi connectivity index (χ2v) is 6.69. The fourth-order valence-corrected chi connectivity index (χ4v) is 3.23. The number of aryl methyl sites for hydroxylation is 1. The quantitative estimate of drug-likeness (QED) is 0.481. The first kappa shape index (κ1) is 20.1. The fourth-order valence-electron chi connectivity index (χ4n) is 3.23. The summed E-state index contributed by atoms with van der Waals surface area (Å²) >= 11 is 0. The van der Waals surface area contributed by atoms with E-state index < -0.39 is 17.6 Å². The first-order valence-electron chi connectivity index (χ1n) is 9.03. The fraction of sp³-hybridized carbons (Fsp3) is 0.0909. The minimum atomic E-state index is -4.61. The van der Waals surface area contributed by atoms with Gasteiger partial charge in [0.05, 0.1) is 39.5 Å². The van der Waals surface area contributed by atoms with Gasteiger partial charge in [-0.25, -0.2) is 4.98 Å². The third-order valence-electron chi connectivity index (χ3n) is 4.62. The molecule has 4 rings (SSSR count). The van der Waals surface area contributed by atoms with Gasteiger partial charge < -0.3 is 9.84 Å². The minimum absolute atomic E-state index is 0.0529. The van der Waals surface area contributed by atoms with Gasteiger partial charge in [0.1, 0.15) is 0 Å². The SMILES string of the molecule is Cc1noc2nc(-c3ccccc3C(F)(F)F)cc(C(=O)Nc3cccc(C#N)c3)c12. The van der Waals surface area contributed by atoms with Crippen LogP contribution in [0.5, 0.6) is 0 Å². The number of fused-ring (bicyclic) bond motifs is 1. The first-order chi connectivity index (χ1) is 14.8. The second-order valence-electron chi connectivity index (χ2n) is 6.69. The summed E-state index contributed by atoms with van der Waals surface area (Å²) in [7, 11) is 0. The Balaban J connectivity index is 1.86. The second kappa shape index (κ2) is 7.57. The summed E-state index contributed by atoms with van der Waals surface area (Å²) in [5, 5.41) is 15.8. The molecule has 1 amide bonds. The van der Waals surface area contributed by atoms with E-state index in [1.54, 1.807) is 25.1 Å². The van der Waals surface area contributed by atoms with Crippen molar-refractivity contribution in [3.05, 3.63) is 77.0 Å². The van der Waals surface area contributed by atoms with E-state index in [-0.39, 0.29) is 22.5 Å². The summed E-state index contributed by atoms with van der Waals surface area (Å²) in [4.78, 5) is 17.2. The van der Waals surface area contributed by atoms with E-state index in [2.05, 4.69) is 15.5 Å². The summed E-state index contributed by atoms with van der Waals surface area (Å²) < 4.78 is 45.7. The van der Waals surface area contributed by atoms with Gasteiger partial charge in [0.25, 0.3) is 11.6 Å². The molecule has 154 valence electrons. The van der Waals surface area contributed by atoms with Crippen LogP contribution in [0, 0.1) is 18.3 Å². The number of pyridine rings is 1. The Kier molecular flexibility index (Phi) is 4.91. The average molecular weight is 422 g/mol. The van der Waals surface area contributed by atoms with Crippen molar-refractivity contribution in [2.24, 2.45) is 0 Å². The number of nitrogens with zero attached hydrogens (tertiary/aromatic N) is 3. The Morgan fingerprint density at radius 2 is 1.90 bits per heavy atom. The van der Waals surface area contributed by atoms with Crippen molar-refractivity contribution in [2.45, 2.75) is 13.1 Å². The summed E-state index contributed by atoms with van der Waals surface area (Å²) in [6.45, 7) is 1.60. The third-order valence-corrected chi connectivity index (χ3v) is 4.62. The Morgan fingerprint density at radius 3 is 2.65 bits per heavy atom. The molecule has 0 aliphatic carbocycles. The van der Waals surface area contributed by atoms with E-state index in [0.29, 0.717) is 22.3 Å². The molecule has 0 radical (unpaired) electrons. The average Bonchev–Trinajstić information content (AvgIpc) is 3.13. The van der Waals surface area contributed by atoms with Crippen LogP contribution < -0.4 is 5.32 Å². The largest absolute Gasteiger partial charge is 0.417 e. The van der Waals surface area contributed by atoms with Gasteiger partial charge >= 0.3 is 6.18 Å². The van der Waals surface area contributed by atoms with Crippen molar-refractivity contribution >= 4 is 22.7 Å². The maximum absolute atomic E-state index is 13.5. The van der Waals surface area contributed by atoms with Crippen molar-refractivity contribution in [1.29, 1.82) is 5.26 Å². The normalized spacial score (nSPS) is 11.3. The summed E-state index contributed by atoms with van der Waals surface area (Å²) in [6.07, 6.45) is -4.61. The molecule has 2 aromatic carbocycles. The van der Waals surface area contributed by atoms with E-state index in [0.717, 1.165) is 6.07 Å². The number of benzene rings is 2. The van der Waals surface area contributed by atoms with Gasteiger partial charge in [0.2, 0.25) is 0 Å². The maximum atomic E-state index is 13.5. The third kappa shape index (κ3) is 3.83. The number of rotatable bonds is 3. The van der Waals surface area contributed by atoms with E-state index in [1.165, 1.54) is 30.3 Å². The van der Waals surface area contributed by atoms with Gasteiger partial charge in [-0.2, -0.15) is 18.4 Å². The molecule has 6 nitrogen and oxygen atoms in total. The van der Waals surface area contributed by atoms with Crippen LogP contribution in [0.2, 0.25) is 0 Å². The number of aromatic nitrogens is 2. The van der Waals surface area contributed by atoms with E-state index in [9.17, 15) is 18.0 Å². The van der Waals surface area contributed by atoms with Gasteiger partial charge in [-0.1, -0.05) is 29.4 Å². The molecule has 0 saturated heterocycles. The Morgan fingerprint density at radius 1 is 1.13 bits per heavy atom. The Labute approximate surface area is 173 Å². The Bertz CT molecular complexity index is 1350. The number of nitrogens with one attached hydrogen (secondary N) is 1. The molecule has 2 aromatic heterocycles. The molecule has 0 aliphatic rings. The molecule has 9 heteroatoms. The van der Waals surface area contributed by atoms with Crippen LogP contribution in [-0.4, -0.2) is 16.0 Å². The zero-order valence-electron chi connectivity index (χ0n) is 16.0. The van der Waals surface area contributed by atoms with Crippen LogP contribution >= 0.6 is 0 Å². The van der Waals surface area contributed by atoms with Gasteiger partial charge in [-0.15, -0.1) is 0 Å². The van der Waals surface area contributed by atoms with Crippen molar-refractivity contribution < 1.29 is 22.5 Å². The molecular formula is C22H13F3N4O2. The highest BCUT2D eigenvalue weighted by Crippen LogP contribution is 2.37. The van der Waals surface area contributed by atoms with Crippen molar-refractivity contribution in [3.8, 4) is 17.3 Å². The van der Waals surface area contributed by atoms with Crippen molar-refractivity contribution in [3.63, 3.8) is 0 Å². The smallest absolute Gasteiger partial charge is 0.335 e. The monoisotopic (exact) mass is 422 g/mol. The van der Waals surface area contributed by atoms with Gasteiger partial charge in [-0.05, 0) is 37.3 Å². The molecule has 0 unspecified atom stereocenters. The van der Waals surface area contributed by atoms with Gasteiger partial charge in [-0.3, -0.25) is 4.79 Å². The van der Waals surface area contributed by atoms with Crippen LogP contribution in [0.15, 0.2) is 59.1 Å². The molecule has 31 heavy (non-hydrogen) atoms. The molecule has 1 N–H and O–H groups in total. The van der Waals surface area contributed by atoms with E-state index >= 15 is 0 Å². The molecule has 0 fully saturated rings. The van der Waals surface area contributed by atoms with Crippen LogP contribution in [0.3, 0.4) is 0 Å². The van der Waals surface area contributed by atoms with Crippen LogP contribution in [0.25, 0.3) is 22.4 Å². The van der Waals surface area contributed by atoms with Crippen molar-refractivity contribution in [1.82, 2.24) is 10.1 Å². The molecule has 0 atom stereocenters. The van der Waals surface area contributed by atoms with Crippen LogP contribution in [-0.2, 0) is 6.18 Å². The maximum Gasteiger partial charge on any atom is 0.417 e. The summed E-state index contributed by atoms with van der Waals surface area (Å²) in [5.74, 6) is -0.598. The lowest BCUT2D eigenvalue weighted by atomic mass is 10.0. The number of carbonyl (C=O) groups excluding carboxylic acids is 1. The molecule has 2 heterocycles. The lowest BCUT2D eigenvalue weighted by Gasteiger charge is -2.13. The minimum Gasteiger partial charge on any atom is -0.335 e. The molecule has 0 spiro atoms. The van der Waals surface area contributed by atoms with Crippen LogP contribution in [0.1, 0.15) is 27.2 Å². The number of amides is 1. The predicted octanol–water partition coefficient (Wildman–Crippen LogP) is 5.34. The molecular weight excluding hydrogens is 409 g/mol. The number of alkyl halides is 3. The number of anilines is 1. The van der Waals surface area contributed by atoms with E-state index in [1.807, 2.05) is 6.07 Å². The zero-order valence-corrected chi connectivity index (χ0v) is 16.0. The summed E-state index contributed by atoms with van der Waals surface area (Å²) in [6, 6.07) is 14.5. The molecule has 4 aromatic rings. The Hall–Kier alpha value is -4.19. The first-order valence-corrected chi connectivity index (χ1v) is 9.03. The van der Waals surface area contributed by atoms with E-state index in [4.69, 9.17) is 9.78 Å². The topological polar surface area (TPSA) is 91.8 Å². The predicted molar refractivity (Wildman–Crippen MR) is 106 cm³/mol. The zero-order chi connectivity index (χ0) is 22.2. The highest BCUT2D eigenvalue weighted by molar-refractivity contribution is 6.13. The lowest BCUT2D eigenvalue weighted by molar-refractivity contribution is -0.137. The van der Waals surface area contributed by atoms with Gasteiger partial charge in [0.15, 0.2) is 0 Å². The number of nitriles is 1. The molecule has 0 aliphatic heterocycles. The number of hydrogen-bond acceptors (Lipinski definition) is 5. The standard InChI is InChI=1S/C22H13F3N4O2/c1-12-19-16(20(30)27-14-6-4-5-13(9-14)11-26)10-18(28-21(19)31-29-12)15-7-2-3-8-17(15)22(23,24)25/h2-10H,1H3,(H,27,30). The highest BCUT2D eigenvalue weighted by Gasteiger charge is 2.34. The van der Waals surface area contributed by atoms with Gasteiger partial charge in [0, 0.05) is 11.3 Å². The lowest BCUT2D eigenvalue weighted by Crippen LogP contribution is -2.14. The number of hydrogen-bond donors (Lipinski definition) is 1. The molecule has 0 saturated carbocycles. The number of halogens is 3. The van der Waals surface area contributed by atoms with Crippen molar-refractivity contribution in [2.75, 3.05) is 5.32 Å². The van der Waals surface area contributed by atoms with Crippen LogP contribution in [0.4, 0.5) is 18.9 Å². The summed E-state index contributed by atoms with van der Waals surface area (Å²) in [5.41, 5.74) is -0.0702. The highest BCUT2D eigenvalue weighted by atomic mass is 19.4.